The maximum atomic E-state index is 12.6. The van der Waals surface area contributed by atoms with Crippen molar-refractivity contribution in [1.82, 2.24) is 0 Å². The van der Waals surface area contributed by atoms with E-state index in [0.29, 0.717) is 11.3 Å². The van der Waals surface area contributed by atoms with Crippen LogP contribution in [-0.4, -0.2) is 21.0 Å². The fraction of sp³-hybridized carbons (Fsp3) is 0.176. The van der Waals surface area contributed by atoms with Crippen LogP contribution in [0.25, 0.3) is 0 Å². The second-order valence-corrected chi connectivity index (χ2v) is 6.84. The van der Waals surface area contributed by atoms with Crippen molar-refractivity contribution in [1.29, 1.82) is 5.26 Å². The zero-order valence-corrected chi connectivity index (χ0v) is 14.1. The number of hydrogen-bond acceptors (Lipinski definition) is 5. The van der Waals surface area contributed by atoms with E-state index in [1.54, 1.807) is 37.3 Å². The maximum absolute atomic E-state index is 12.6. The van der Waals surface area contributed by atoms with Crippen LogP contribution in [0.5, 0.6) is 0 Å². The summed E-state index contributed by atoms with van der Waals surface area (Å²) in [5, 5.41) is 8.44. The molecule has 0 radical (unpaired) electrons. The largest absolute Gasteiger partial charge is 0.447 e. The molecule has 0 fully saturated rings. The average Bonchev–Trinajstić information content (AvgIpc) is 2.54. The van der Waals surface area contributed by atoms with Crippen LogP contribution in [0.4, 0.5) is 5.69 Å². The Morgan fingerprint density at radius 3 is 2.46 bits per heavy atom. The molecule has 0 aliphatic carbocycles. The Morgan fingerprint density at radius 2 is 1.83 bits per heavy atom. The smallest absolute Gasteiger partial charge is 0.339 e. The van der Waals surface area contributed by atoms with Crippen molar-refractivity contribution in [2.75, 3.05) is 11.3 Å². The van der Waals surface area contributed by atoms with Crippen molar-refractivity contribution in [3.8, 4) is 6.07 Å². The molecule has 2 aromatic rings. The highest BCUT2D eigenvalue weighted by atomic mass is 32.2. The molecule has 0 saturated carbocycles. The number of benzene rings is 2. The van der Waals surface area contributed by atoms with Crippen LogP contribution in [-0.2, 0) is 14.8 Å². The SMILES string of the molecule is Cc1ccc(NS(=O)(=O)c2cc(C(=O)OCC#N)ccc2C)cc1. The number of esters is 1. The van der Waals surface area contributed by atoms with Gasteiger partial charge in [0.15, 0.2) is 6.61 Å². The Hall–Kier alpha value is -2.85. The number of sulfonamides is 1. The average molecular weight is 344 g/mol. The van der Waals surface area contributed by atoms with E-state index in [-0.39, 0.29) is 10.5 Å². The Kier molecular flexibility index (Phi) is 5.21. The Bertz CT molecular complexity index is 897. The Morgan fingerprint density at radius 1 is 1.17 bits per heavy atom. The molecular weight excluding hydrogens is 328 g/mol. The summed E-state index contributed by atoms with van der Waals surface area (Å²) in [5.41, 5.74) is 2.00. The summed E-state index contributed by atoms with van der Waals surface area (Å²) in [6.07, 6.45) is 0. The minimum atomic E-state index is -3.86. The van der Waals surface area contributed by atoms with E-state index in [0.717, 1.165) is 5.56 Å². The second kappa shape index (κ2) is 7.15. The number of aryl methyl sites for hydroxylation is 2. The van der Waals surface area contributed by atoms with Gasteiger partial charge in [0.25, 0.3) is 10.0 Å². The van der Waals surface area contributed by atoms with Crippen molar-refractivity contribution < 1.29 is 17.9 Å². The molecule has 0 spiro atoms. The van der Waals surface area contributed by atoms with Gasteiger partial charge in [-0.25, -0.2) is 13.2 Å². The number of carbonyl (C=O) groups excluding carboxylic acids is 1. The van der Waals surface area contributed by atoms with Gasteiger partial charge in [-0.2, -0.15) is 5.26 Å². The molecule has 1 N–H and O–H groups in total. The van der Waals surface area contributed by atoms with Gasteiger partial charge in [0.1, 0.15) is 6.07 Å². The Balaban J connectivity index is 2.33. The lowest BCUT2D eigenvalue weighted by Gasteiger charge is -2.12. The fourth-order valence-corrected chi connectivity index (χ4v) is 3.36. The predicted octanol–water partition coefficient (Wildman–Crippen LogP) is 2.78. The highest BCUT2D eigenvalue weighted by Crippen LogP contribution is 2.21. The molecule has 0 amide bonds. The van der Waals surface area contributed by atoms with Crippen LogP contribution in [0.15, 0.2) is 47.4 Å². The van der Waals surface area contributed by atoms with Gasteiger partial charge < -0.3 is 4.74 Å². The van der Waals surface area contributed by atoms with Gasteiger partial charge >= 0.3 is 5.97 Å². The van der Waals surface area contributed by atoms with Crippen LogP contribution in [0, 0.1) is 25.2 Å². The Labute approximate surface area is 140 Å². The molecule has 0 unspecified atom stereocenters. The molecule has 124 valence electrons. The quantitative estimate of drug-likeness (QED) is 0.841. The van der Waals surface area contributed by atoms with Crippen LogP contribution >= 0.6 is 0 Å². The summed E-state index contributed by atoms with van der Waals surface area (Å²) in [6.45, 7) is 3.14. The zero-order chi connectivity index (χ0) is 17.7. The third-order valence-corrected chi connectivity index (χ3v) is 4.81. The first-order valence-corrected chi connectivity index (χ1v) is 8.56. The molecule has 0 aliphatic heterocycles. The van der Waals surface area contributed by atoms with Crippen LogP contribution < -0.4 is 4.72 Å². The lowest BCUT2D eigenvalue weighted by molar-refractivity contribution is 0.0554. The van der Waals surface area contributed by atoms with Crippen LogP contribution in [0.1, 0.15) is 21.5 Å². The van der Waals surface area contributed by atoms with E-state index in [2.05, 4.69) is 4.72 Å². The number of nitrogens with zero attached hydrogens (tertiary/aromatic N) is 1. The summed E-state index contributed by atoms with van der Waals surface area (Å²) >= 11 is 0. The number of hydrogen-bond donors (Lipinski definition) is 1. The highest BCUT2D eigenvalue weighted by Gasteiger charge is 2.20. The molecule has 2 rings (SSSR count). The third kappa shape index (κ3) is 4.12. The van der Waals surface area contributed by atoms with Crippen molar-refractivity contribution in [3.05, 3.63) is 59.2 Å². The van der Waals surface area contributed by atoms with E-state index in [1.165, 1.54) is 18.2 Å². The molecule has 6 nitrogen and oxygen atoms in total. The van der Waals surface area contributed by atoms with Crippen LogP contribution in [0.3, 0.4) is 0 Å². The van der Waals surface area contributed by atoms with E-state index >= 15 is 0 Å². The van der Waals surface area contributed by atoms with Gasteiger partial charge in [-0.3, -0.25) is 4.72 Å². The van der Waals surface area contributed by atoms with E-state index in [4.69, 9.17) is 10.00 Å². The van der Waals surface area contributed by atoms with E-state index in [9.17, 15) is 13.2 Å². The topological polar surface area (TPSA) is 96.3 Å². The van der Waals surface area contributed by atoms with Gasteiger partial charge in [-0.05, 0) is 43.7 Å². The molecule has 0 bridgehead atoms. The highest BCUT2D eigenvalue weighted by molar-refractivity contribution is 7.92. The first-order valence-electron chi connectivity index (χ1n) is 7.08. The van der Waals surface area contributed by atoms with Gasteiger partial charge in [0.2, 0.25) is 0 Å². The van der Waals surface area contributed by atoms with Crippen molar-refractivity contribution in [2.24, 2.45) is 0 Å². The lowest BCUT2D eigenvalue weighted by Crippen LogP contribution is -2.15. The summed E-state index contributed by atoms with van der Waals surface area (Å²) in [6, 6.07) is 12.8. The van der Waals surface area contributed by atoms with Gasteiger partial charge in [0.05, 0.1) is 10.5 Å². The summed E-state index contributed by atoms with van der Waals surface area (Å²) in [4.78, 5) is 11.8. The van der Waals surface area contributed by atoms with Crippen molar-refractivity contribution in [3.63, 3.8) is 0 Å². The molecule has 7 heteroatoms. The summed E-state index contributed by atoms with van der Waals surface area (Å²) in [5.74, 6) is -0.747. The minimum absolute atomic E-state index is 0.0190. The number of nitrogens with one attached hydrogen (secondary N) is 1. The molecule has 0 saturated heterocycles. The van der Waals surface area contributed by atoms with Crippen LogP contribution in [0.2, 0.25) is 0 Å². The number of nitriles is 1. The molecule has 2 aromatic carbocycles. The van der Waals surface area contributed by atoms with E-state index in [1.807, 2.05) is 6.92 Å². The fourth-order valence-electron chi connectivity index (χ4n) is 2.03. The minimum Gasteiger partial charge on any atom is -0.447 e. The van der Waals surface area contributed by atoms with Gasteiger partial charge in [-0.15, -0.1) is 0 Å². The standard InChI is InChI=1S/C17H16N2O4S/c1-12-3-7-15(8-4-12)19-24(21,22)16-11-14(6-5-13(16)2)17(20)23-10-9-18/h3-8,11,19H,10H2,1-2H3. The summed E-state index contributed by atoms with van der Waals surface area (Å²) in [7, 11) is -3.86. The first kappa shape index (κ1) is 17.5. The monoisotopic (exact) mass is 344 g/mol. The lowest BCUT2D eigenvalue weighted by atomic mass is 10.1. The van der Waals surface area contributed by atoms with E-state index < -0.39 is 22.6 Å². The zero-order valence-electron chi connectivity index (χ0n) is 13.2. The third-order valence-electron chi connectivity index (χ3n) is 3.28. The normalized spacial score (nSPS) is 10.7. The molecule has 0 atom stereocenters. The van der Waals surface area contributed by atoms with Gasteiger partial charge in [0, 0.05) is 5.69 Å². The molecule has 24 heavy (non-hydrogen) atoms. The first-order chi connectivity index (χ1) is 11.3. The second-order valence-electron chi connectivity index (χ2n) is 5.19. The maximum Gasteiger partial charge on any atom is 0.339 e. The number of anilines is 1. The van der Waals surface area contributed by atoms with Crippen molar-refractivity contribution >= 4 is 21.7 Å². The van der Waals surface area contributed by atoms with Gasteiger partial charge in [-0.1, -0.05) is 23.8 Å². The molecule has 0 aliphatic rings. The molecule has 0 heterocycles. The number of rotatable bonds is 5. The number of carbonyl (C=O) groups is 1. The number of ether oxygens (including phenoxy) is 1. The molecular formula is C17H16N2O4S. The van der Waals surface area contributed by atoms with Crippen molar-refractivity contribution in [2.45, 2.75) is 18.7 Å². The predicted molar refractivity (Wildman–Crippen MR) is 89.1 cm³/mol. The molecule has 0 aromatic heterocycles. The summed E-state index contributed by atoms with van der Waals surface area (Å²) < 4.78 is 32.3.